The number of hydrogen-bond acceptors (Lipinski definition) is 5. The first-order valence-electron chi connectivity index (χ1n) is 5.54. The molecule has 17 heavy (non-hydrogen) atoms. The van der Waals surface area contributed by atoms with Gasteiger partial charge < -0.3 is 10.4 Å². The number of thioether (sulfide) groups is 1. The molecule has 0 spiro atoms. The highest BCUT2D eigenvalue weighted by molar-refractivity contribution is 7.99. The number of carboxylic acid groups (broad SMARTS) is 1. The van der Waals surface area contributed by atoms with Gasteiger partial charge in [0.2, 0.25) is 0 Å². The van der Waals surface area contributed by atoms with Crippen molar-refractivity contribution in [3.8, 4) is 0 Å². The summed E-state index contributed by atoms with van der Waals surface area (Å²) >= 11 is 1.86. The van der Waals surface area contributed by atoms with Crippen LogP contribution in [0.2, 0.25) is 0 Å². The molecule has 2 atom stereocenters. The number of aromatic carboxylic acids is 1. The van der Waals surface area contributed by atoms with Crippen molar-refractivity contribution in [2.24, 2.45) is 0 Å². The van der Waals surface area contributed by atoms with E-state index >= 15 is 0 Å². The van der Waals surface area contributed by atoms with Crippen LogP contribution in [0.25, 0.3) is 0 Å². The van der Waals surface area contributed by atoms with Gasteiger partial charge in [0.15, 0.2) is 11.5 Å². The molecule has 6 heteroatoms. The van der Waals surface area contributed by atoms with Crippen LogP contribution in [0.4, 0.5) is 5.82 Å². The van der Waals surface area contributed by atoms with Crippen LogP contribution in [0.1, 0.15) is 29.8 Å². The van der Waals surface area contributed by atoms with Gasteiger partial charge in [0.05, 0.1) is 0 Å². The lowest BCUT2D eigenvalue weighted by molar-refractivity contribution is 0.0691. The maximum atomic E-state index is 11.0. The van der Waals surface area contributed by atoms with Crippen molar-refractivity contribution in [3.05, 3.63) is 18.1 Å². The predicted octanol–water partition coefficient (Wildman–Crippen LogP) is 1.87. The lowest BCUT2D eigenvalue weighted by Gasteiger charge is -2.14. The lowest BCUT2D eigenvalue weighted by Crippen LogP contribution is -2.19. The first-order valence-corrected chi connectivity index (χ1v) is 6.83. The van der Waals surface area contributed by atoms with Gasteiger partial charge in [0.1, 0.15) is 0 Å². The monoisotopic (exact) mass is 253 g/mol. The molecule has 1 heterocycles. The Morgan fingerprint density at radius 2 is 2.24 bits per heavy atom. The quantitative estimate of drug-likeness (QED) is 0.853. The van der Waals surface area contributed by atoms with E-state index in [1.807, 2.05) is 11.8 Å². The van der Waals surface area contributed by atoms with E-state index in [1.165, 1.54) is 18.8 Å². The topological polar surface area (TPSA) is 75.1 Å². The van der Waals surface area contributed by atoms with Gasteiger partial charge in [-0.2, -0.15) is 11.8 Å². The molecule has 0 bridgehead atoms. The Morgan fingerprint density at radius 1 is 1.47 bits per heavy atom. The first-order chi connectivity index (χ1) is 8.20. The van der Waals surface area contributed by atoms with Crippen molar-refractivity contribution in [2.75, 3.05) is 11.6 Å². The summed E-state index contributed by atoms with van der Waals surface area (Å²) in [5.41, 5.74) is 0.0000940. The summed E-state index contributed by atoms with van der Waals surface area (Å²) in [5, 5.41) is 12.8. The van der Waals surface area contributed by atoms with E-state index in [4.69, 9.17) is 5.11 Å². The molecule has 1 aromatic heterocycles. The van der Waals surface area contributed by atoms with Crippen LogP contribution in [0.3, 0.4) is 0 Å². The third-order valence-electron chi connectivity index (χ3n) is 2.96. The normalized spacial score (nSPS) is 23.6. The molecule has 0 aromatic carbocycles. The van der Waals surface area contributed by atoms with Gasteiger partial charge in [0, 0.05) is 23.7 Å². The minimum Gasteiger partial charge on any atom is -0.476 e. The average molecular weight is 253 g/mol. The van der Waals surface area contributed by atoms with E-state index < -0.39 is 5.97 Å². The van der Waals surface area contributed by atoms with Crippen LogP contribution in [0, 0.1) is 0 Å². The standard InChI is InChI=1S/C11H15N3O2S/c1-17-8-3-2-7(6-8)14-10-9(11(15)16)12-4-5-13-10/h4-5,7-8H,2-3,6H2,1H3,(H,13,14)(H,15,16). The van der Waals surface area contributed by atoms with E-state index in [9.17, 15) is 4.79 Å². The first kappa shape index (κ1) is 12.2. The summed E-state index contributed by atoms with van der Waals surface area (Å²) in [6, 6.07) is 0.308. The second kappa shape index (κ2) is 5.35. The van der Waals surface area contributed by atoms with Crippen molar-refractivity contribution in [2.45, 2.75) is 30.6 Å². The zero-order valence-electron chi connectivity index (χ0n) is 9.59. The minimum absolute atomic E-state index is 0.0000940. The van der Waals surface area contributed by atoms with Gasteiger partial charge in [-0.25, -0.2) is 14.8 Å². The summed E-state index contributed by atoms with van der Waals surface area (Å²) in [7, 11) is 0. The van der Waals surface area contributed by atoms with Crippen molar-refractivity contribution < 1.29 is 9.90 Å². The molecule has 1 fully saturated rings. The van der Waals surface area contributed by atoms with Crippen molar-refractivity contribution in [1.29, 1.82) is 0 Å². The smallest absolute Gasteiger partial charge is 0.358 e. The number of carboxylic acids is 1. The Hall–Kier alpha value is -1.30. The Morgan fingerprint density at radius 3 is 2.88 bits per heavy atom. The van der Waals surface area contributed by atoms with E-state index in [2.05, 4.69) is 21.5 Å². The highest BCUT2D eigenvalue weighted by Crippen LogP contribution is 2.30. The van der Waals surface area contributed by atoms with Crippen molar-refractivity contribution in [3.63, 3.8) is 0 Å². The Labute approximate surface area is 104 Å². The summed E-state index contributed by atoms with van der Waals surface area (Å²) in [6.45, 7) is 0. The van der Waals surface area contributed by atoms with Gasteiger partial charge in [-0.05, 0) is 25.5 Å². The van der Waals surface area contributed by atoms with Crippen LogP contribution in [0.5, 0.6) is 0 Å². The van der Waals surface area contributed by atoms with Crippen LogP contribution in [0.15, 0.2) is 12.4 Å². The van der Waals surface area contributed by atoms with E-state index in [1.54, 1.807) is 0 Å². The largest absolute Gasteiger partial charge is 0.476 e. The SMILES string of the molecule is CSC1CCC(Nc2nccnc2C(=O)O)C1. The van der Waals surface area contributed by atoms with Gasteiger partial charge in [-0.1, -0.05) is 0 Å². The fourth-order valence-electron chi connectivity index (χ4n) is 2.08. The third kappa shape index (κ3) is 2.88. The molecule has 0 saturated heterocycles. The number of anilines is 1. The zero-order chi connectivity index (χ0) is 12.3. The second-order valence-electron chi connectivity index (χ2n) is 4.07. The number of hydrogen-bond donors (Lipinski definition) is 2. The molecule has 0 aliphatic heterocycles. The molecule has 2 unspecified atom stereocenters. The van der Waals surface area contributed by atoms with Crippen molar-refractivity contribution >= 4 is 23.5 Å². The Bertz CT molecular complexity index is 413. The van der Waals surface area contributed by atoms with E-state index in [0.29, 0.717) is 17.1 Å². The molecule has 0 amide bonds. The number of rotatable bonds is 4. The molecule has 2 N–H and O–H groups in total. The second-order valence-corrected chi connectivity index (χ2v) is 5.21. The summed E-state index contributed by atoms with van der Waals surface area (Å²) in [4.78, 5) is 18.9. The molecular weight excluding hydrogens is 238 g/mol. The molecule has 5 nitrogen and oxygen atoms in total. The van der Waals surface area contributed by atoms with Gasteiger partial charge >= 0.3 is 5.97 Å². The molecule has 1 aliphatic rings. The molecular formula is C11H15N3O2S. The van der Waals surface area contributed by atoms with Crippen LogP contribution in [-0.4, -0.2) is 38.6 Å². The number of nitrogens with zero attached hydrogens (tertiary/aromatic N) is 2. The molecule has 1 aromatic rings. The zero-order valence-corrected chi connectivity index (χ0v) is 10.4. The molecule has 92 valence electrons. The number of carbonyl (C=O) groups is 1. The lowest BCUT2D eigenvalue weighted by atomic mass is 10.2. The van der Waals surface area contributed by atoms with Gasteiger partial charge in [-0.15, -0.1) is 0 Å². The van der Waals surface area contributed by atoms with E-state index in [-0.39, 0.29) is 5.69 Å². The fourth-order valence-corrected chi connectivity index (χ4v) is 2.88. The summed E-state index contributed by atoms with van der Waals surface area (Å²) < 4.78 is 0. The third-order valence-corrected chi connectivity index (χ3v) is 4.05. The van der Waals surface area contributed by atoms with Crippen LogP contribution < -0.4 is 5.32 Å². The molecule has 1 aliphatic carbocycles. The summed E-state index contributed by atoms with van der Waals surface area (Å²) in [5.74, 6) is -0.660. The Balaban J connectivity index is 2.06. The highest BCUT2D eigenvalue weighted by Gasteiger charge is 2.25. The van der Waals surface area contributed by atoms with Crippen molar-refractivity contribution in [1.82, 2.24) is 9.97 Å². The minimum atomic E-state index is -1.04. The van der Waals surface area contributed by atoms with E-state index in [0.717, 1.165) is 12.8 Å². The molecule has 2 rings (SSSR count). The van der Waals surface area contributed by atoms with Crippen LogP contribution in [-0.2, 0) is 0 Å². The van der Waals surface area contributed by atoms with Crippen LogP contribution >= 0.6 is 11.8 Å². The molecule has 1 saturated carbocycles. The predicted molar refractivity (Wildman–Crippen MR) is 67.6 cm³/mol. The van der Waals surface area contributed by atoms with Gasteiger partial charge in [0.25, 0.3) is 0 Å². The Kier molecular flexibility index (Phi) is 3.83. The maximum absolute atomic E-state index is 11.0. The number of nitrogens with one attached hydrogen (secondary N) is 1. The van der Waals surface area contributed by atoms with Gasteiger partial charge in [-0.3, -0.25) is 0 Å². The average Bonchev–Trinajstić information content (AvgIpc) is 2.77. The maximum Gasteiger partial charge on any atom is 0.358 e. The fraction of sp³-hybridized carbons (Fsp3) is 0.545. The highest BCUT2D eigenvalue weighted by atomic mass is 32.2. The molecule has 0 radical (unpaired) electrons. The number of aromatic nitrogens is 2. The summed E-state index contributed by atoms with van der Waals surface area (Å²) in [6.07, 6.45) is 8.29.